The van der Waals surface area contributed by atoms with E-state index < -0.39 is 0 Å². The minimum Gasteiger partial charge on any atom is -0.492 e. The molecule has 1 amide bonds. The van der Waals surface area contributed by atoms with Gasteiger partial charge < -0.3 is 10.1 Å². The molecule has 110 valence electrons. The molecule has 0 saturated carbocycles. The Morgan fingerprint density at radius 2 is 2.00 bits per heavy atom. The zero-order valence-corrected chi connectivity index (χ0v) is 12.2. The third kappa shape index (κ3) is 4.85. The summed E-state index contributed by atoms with van der Waals surface area (Å²) in [6, 6.07) is 9.93. The number of carbonyl (C=O) groups is 1. The van der Waals surface area contributed by atoms with Crippen LogP contribution >= 0.6 is 0 Å². The Balaban J connectivity index is 1.61. The van der Waals surface area contributed by atoms with Gasteiger partial charge in [-0.25, -0.2) is 0 Å². The van der Waals surface area contributed by atoms with Crippen molar-refractivity contribution in [1.82, 2.24) is 10.2 Å². The van der Waals surface area contributed by atoms with Crippen molar-refractivity contribution in [1.29, 1.82) is 0 Å². The molecule has 1 aromatic rings. The summed E-state index contributed by atoms with van der Waals surface area (Å²) in [6.45, 7) is 3.82. The van der Waals surface area contributed by atoms with Crippen molar-refractivity contribution in [2.24, 2.45) is 5.92 Å². The SMILES string of the molecule is CNC(=O)CC1CCN(CCOc2ccccc2)CC1. The molecule has 1 saturated heterocycles. The van der Waals surface area contributed by atoms with Crippen LogP contribution < -0.4 is 10.1 Å². The summed E-state index contributed by atoms with van der Waals surface area (Å²) in [7, 11) is 1.71. The first kappa shape index (κ1) is 14.9. The average Bonchev–Trinajstić information content (AvgIpc) is 2.50. The number of amides is 1. The van der Waals surface area contributed by atoms with Crippen LogP contribution in [0.25, 0.3) is 0 Å². The van der Waals surface area contributed by atoms with Crippen LogP contribution in [0.2, 0.25) is 0 Å². The van der Waals surface area contributed by atoms with E-state index in [2.05, 4.69) is 10.2 Å². The molecule has 1 fully saturated rings. The molecule has 0 aliphatic carbocycles. The molecule has 1 aliphatic rings. The number of carbonyl (C=O) groups excluding carboxylic acids is 1. The van der Waals surface area contributed by atoms with E-state index in [0.29, 0.717) is 12.3 Å². The highest BCUT2D eigenvalue weighted by molar-refractivity contribution is 5.75. The Labute approximate surface area is 121 Å². The highest BCUT2D eigenvalue weighted by Gasteiger charge is 2.20. The van der Waals surface area contributed by atoms with E-state index >= 15 is 0 Å². The predicted molar refractivity (Wildman–Crippen MR) is 79.8 cm³/mol. The van der Waals surface area contributed by atoms with Crippen LogP contribution in [-0.2, 0) is 4.79 Å². The third-order valence-electron chi connectivity index (χ3n) is 3.88. The summed E-state index contributed by atoms with van der Waals surface area (Å²) in [5.74, 6) is 1.64. The van der Waals surface area contributed by atoms with Gasteiger partial charge in [-0.15, -0.1) is 0 Å². The van der Waals surface area contributed by atoms with Crippen LogP contribution in [0.15, 0.2) is 30.3 Å². The predicted octanol–water partition coefficient (Wildman–Crippen LogP) is 1.91. The number of hydrogen-bond acceptors (Lipinski definition) is 3. The van der Waals surface area contributed by atoms with Crippen LogP contribution in [0.4, 0.5) is 0 Å². The van der Waals surface area contributed by atoms with Gasteiger partial charge in [0.25, 0.3) is 0 Å². The topological polar surface area (TPSA) is 41.6 Å². The van der Waals surface area contributed by atoms with Crippen molar-refractivity contribution < 1.29 is 9.53 Å². The van der Waals surface area contributed by atoms with Crippen molar-refractivity contribution in [2.75, 3.05) is 33.3 Å². The molecule has 1 aliphatic heterocycles. The van der Waals surface area contributed by atoms with Crippen LogP contribution in [0.5, 0.6) is 5.75 Å². The van der Waals surface area contributed by atoms with Crippen molar-refractivity contribution in [3.05, 3.63) is 30.3 Å². The summed E-state index contributed by atoms with van der Waals surface area (Å²) in [6.07, 6.45) is 2.89. The largest absolute Gasteiger partial charge is 0.492 e. The number of rotatable bonds is 6. The summed E-state index contributed by atoms with van der Waals surface area (Å²) in [5.41, 5.74) is 0. The second-order valence-electron chi connectivity index (χ2n) is 5.32. The number of ether oxygens (including phenoxy) is 1. The number of hydrogen-bond donors (Lipinski definition) is 1. The second-order valence-corrected chi connectivity index (χ2v) is 5.32. The molecule has 2 rings (SSSR count). The first-order valence-electron chi connectivity index (χ1n) is 7.38. The standard InChI is InChI=1S/C16H24N2O2/c1-17-16(19)13-14-7-9-18(10-8-14)11-12-20-15-5-3-2-4-6-15/h2-6,14H,7-13H2,1H3,(H,17,19). The lowest BCUT2D eigenvalue weighted by Crippen LogP contribution is -2.37. The van der Waals surface area contributed by atoms with Gasteiger partial charge in [-0.2, -0.15) is 0 Å². The fraction of sp³-hybridized carbons (Fsp3) is 0.562. The first-order chi connectivity index (χ1) is 9.78. The van der Waals surface area contributed by atoms with E-state index in [9.17, 15) is 4.79 Å². The van der Waals surface area contributed by atoms with Gasteiger partial charge in [0.15, 0.2) is 0 Å². The van der Waals surface area contributed by atoms with Crippen molar-refractivity contribution in [3.8, 4) is 5.75 Å². The molecule has 20 heavy (non-hydrogen) atoms. The highest BCUT2D eigenvalue weighted by atomic mass is 16.5. The maximum Gasteiger partial charge on any atom is 0.220 e. The zero-order valence-electron chi connectivity index (χ0n) is 12.2. The summed E-state index contributed by atoms with van der Waals surface area (Å²) in [4.78, 5) is 13.8. The Morgan fingerprint density at radius 1 is 1.30 bits per heavy atom. The van der Waals surface area contributed by atoms with Gasteiger partial charge in [0.1, 0.15) is 12.4 Å². The summed E-state index contributed by atoms with van der Waals surface area (Å²) < 4.78 is 5.71. The van der Waals surface area contributed by atoms with Crippen molar-refractivity contribution in [3.63, 3.8) is 0 Å². The van der Waals surface area contributed by atoms with Gasteiger partial charge in [-0.3, -0.25) is 9.69 Å². The lowest BCUT2D eigenvalue weighted by atomic mass is 9.93. The van der Waals surface area contributed by atoms with Crippen LogP contribution in [-0.4, -0.2) is 44.1 Å². The number of nitrogens with zero attached hydrogens (tertiary/aromatic N) is 1. The minimum atomic E-state index is 0.163. The maximum absolute atomic E-state index is 11.3. The van der Waals surface area contributed by atoms with Crippen molar-refractivity contribution >= 4 is 5.91 Å². The van der Waals surface area contributed by atoms with Gasteiger partial charge >= 0.3 is 0 Å². The first-order valence-corrected chi connectivity index (χ1v) is 7.38. The molecule has 0 bridgehead atoms. The molecule has 1 heterocycles. The fourth-order valence-electron chi connectivity index (χ4n) is 2.59. The van der Waals surface area contributed by atoms with Gasteiger partial charge in [0, 0.05) is 20.0 Å². The number of para-hydroxylation sites is 1. The Bertz CT molecular complexity index is 400. The number of benzene rings is 1. The average molecular weight is 276 g/mol. The minimum absolute atomic E-state index is 0.163. The molecular formula is C16H24N2O2. The molecule has 0 radical (unpaired) electrons. The number of likely N-dealkylation sites (tertiary alicyclic amines) is 1. The van der Waals surface area contributed by atoms with E-state index in [1.54, 1.807) is 7.05 Å². The fourth-order valence-corrected chi connectivity index (χ4v) is 2.59. The smallest absolute Gasteiger partial charge is 0.220 e. The van der Waals surface area contributed by atoms with Gasteiger partial charge in [-0.1, -0.05) is 18.2 Å². The molecular weight excluding hydrogens is 252 g/mol. The Kier molecular flexibility index (Phi) is 5.87. The normalized spacial score (nSPS) is 16.9. The van der Waals surface area contributed by atoms with Crippen LogP contribution in [0.1, 0.15) is 19.3 Å². The molecule has 0 unspecified atom stereocenters. The number of piperidine rings is 1. The summed E-state index contributed by atoms with van der Waals surface area (Å²) >= 11 is 0. The summed E-state index contributed by atoms with van der Waals surface area (Å²) in [5, 5.41) is 2.70. The molecule has 0 aromatic heterocycles. The van der Waals surface area contributed by atoms with E-state index in [0.717, 1.165) is 44.8 Å². The Morgan fingerprint density at radius 3 is 2.65 bits per heavy atom. The Hall–Kier alpha value is -1.55. The molecule has 1 aromatic carbocycles. The lowest BCUT2D eigenvalue weighted by Gasteiger charge is -2.31. The number of nitrogens with one attached hydrogen (secondary N) is 1. The lowest BCUT2D eigenvalue weighted by molar-refractivity contribution is -0.121. The zero-order chi connectivity index (χ0) is 14.2. The van der Waals surface area contributed by atoms with Crippen LogP contribution in [0.3, 0.4) is 0 Å². The quantitative estimate of drug-likeness (QED) is 0.863. The molecule has 4 heteroatoms. The molecule has 0 atom stereocenters. The third-order valence-corrected chi connectivity index (χ3v) is 3.88. The van der Waals surface area contributed by atoms with E-state index in [1.807, 2.05) is 30.3 Å². The molecule has 1 N–H and O–H groups in total. The van der Waals surface area contributed by atoms with Gasteiger partial charge in [0.2, 0.25) is 5.91 Å². The highest BCUT2D eigenvalue weighted by Crippen LogP contribution is 2.20. The molecule has 4 nitrogen and oxygen atoms in total. The van der Waals surface area contributed by atoms with Crippen molar-refractivity contribution in [2.45, 2.75) is 19.3 Å². The second kappa shape index (κ2) is 7.90. The maximum atomic E-state index is 11.3. The van der Waals surface area contributed by atoms with Gasteiger partial charge in [-0.05, 0) is 44.0 Å². The van der Waals surface area contributed by atoms with E-state index in [1.165, 1.54) is 0 Å². The van der Waals surface area contributed by atoms with Gasteiger partial charge in [0.05, 0.1) is 0 Å². The molecule has 0 spiro atoms. The monoisotopic (exact) mass is 276 g/mol. The van der Waals surface area contributed by atoms with E-state index in [-0.39, 0.29) is 5.91 Å². The van der Waals surface area contributed by atoms with Crippen LogP contribution in [0, 0.1) is 5.92 Å². The van der Waals surface area contributed by atoms with E-state index in [4.69, 9.17) is 4.74 Å².